The van der Waals surface area contributed by atoms with Crippen molar-refractivity contribution in [3.05, 3.63) is 41.8 Å². The maximum Gasteiger partial charge on any atom is 0.228 e. The number of hydrogen-bond acceptors (Lipinski definition) is 5. The molecule has 0 radical (unpaired) electrons. The molecule has 0 bridgehead atoms. The van der Waals surface area contributed by atoms with E-state index in [1.807, 2.05) is 26.0 Å². The van der Waals surface area contributed by atoms with E-state index in [4.69, 9.17) is 4.52 Å². The molecule has 1 aliphatic rings. The van der Waals surface area contributed by atoms with Gasteiger partial charge in [-0.1, -0.05) is 19.0 Å². The molecule has 2 aromatic rings. The number of aromatic nitrogens is 2. The third-order valence-electron chi connectivity index (χ3n) is 4.60. The molecule has 154 valence electrons. The van der Waals surface area contributed by atoms with Gasteiger partial charge in [-0.15, -0.1) is 24.0 Å². The van der Waals surface area contributed by atoms with Crippen molar-refractivity contribution >= 4 is 35.6 Å². The van der Waals surface area contributed by atoms with Crippen LogP contribution in [0.3, 0.4) is 0 Å². The summed E-state index contributed by atoms with van der Waals surface area (Å²) in [4.78, 5) is 13.3. The molecule has 0 amide bonds. The number of nitrogens with zero attached hydrogens (tertiary/aromatic N) is 5. The van der Waals surface area contributed by atoms with E-state index < -0.39 is 0 Å². The first-order chi connectivity index (χ1) is 13.1. The predicted octanol–water partition coefficient (Wildman–Crippen LogP) is 2.89. The summed E-state index contributed by atoms with van der Waals surface area (Å²) >= 11 is 0. The van der Waals surface area contributed by atoms with Crippen LogP contribution in [0.25, 0.3) is 0 Å². The second kappa shape index (κ2) is 10.6. The average Bonchev–Trinajstić information content (AvgIpc) is 3.15. The summed E-state index contributed by atoms with van der Waals surface area (Å²) < 4.78 is 18.4. The molecule has 1 aliphatic heterocycles. The highest BCUT2D eigenvalue weighted by Gasteiger charge is 2.20. The highest BCUT2D eigenvalue weighted by atomic mass is 127. The van der Waals surface area contributed by atoms with Gasteiger partial charge in [0.1, 0.15) is 5.82 Å². The summed E-state index contributed by atoms with van der Waals surface area (Å²) in [5, 5.41) is 7.35. The van der Waals surface area contributed by atoms with Crippen LogP contribution in [0.1, 0.15) is 31.5 Å². The fraction of sp³-hybridized carbons (Fsp3) is 0.526. The maximum atomic E-state index is 13.1. The molecule has 0 spiro atoms. The van der Waals surface area contributed by atoms with Crippen molar-refractivity contribution in [3.63, 3.8) is 0 Å². The molecule has 0 aliphatic carbocycles. The van der Waals surface area contributed by atoms with Crippen LogP contribution in [0.15, 0.2) is 33.8 Å². The van der Waals surface area contributed by atoms with Crippen molar-refractivity contribution < 1.29 is 8.91 Å². The molecule has 0 saturated carbocycles. The summed E-state index contributed by atoms with van der Waals surface area (Å²) in [5.41, 5.74) is 1.05. The van der Waals surface area contributed by atoms with Gasteiger partial charge >= 0.3 is 0 Å². The van der Waals surface area contributed by atoms with Crippen LogP contribution < -0.4 is 10.2 Å². The quantitative estimate of drug-likeness (QED) is 0.386. The molecule has 7 nitrogen and oxygen atoms in total. The van der Waals surface area contributed by atoms with Crippen LogP contribution in [0.5, 0.6) is 0 Å². The minimum Gasteiger partial charge on any atom is -0.368 e. The molecular formula is C19H28FIN6O. The number of hydrogen-bond donors (Lipinski definition) is 1. The van der Waals surface area contributed by atoms with Gasteiger partial charge in [-0.2, -0.15) is 4.98 Å². The fourth-order valence-corrected chi connectivity index (χ4v) is 3.05. The normalized spacial score (nSPS) is 15.0. The van der Waals surface area contributed by atoms with Crippen LogP contribution in [-0.2, 0) is 6.42 Å². The Balaban J connectivity index is 0.00000280. The van der Waals surface area contributed by atoms with Crippen molar-refractivity contribution in [2.75, 3.05) is 44.7 Å². The molecule has 1 aromatic heterocycles. The van der Waals surface area contributed by atoms with Gasteiger partial charge in [0.05, 0.1) is 0 Å². The van der Waals surface area contributed by atoms with E-state index in [9.17, 15) is 4.39 Å². The summed E-state index contributed by atoms with van der Waals surface area (Å²) in [6.45, 7) is 8.22. The Hall–Kier alpha value is -1.91. The lowest BCUT2D eigenvalue weighted by molar-refractivity contribution is 0.362. The smallest absolute Gasteiger partial charge is 0.228 e. The molecule has 3 rings (SSSR count). The zero-order valence-electron chi connectivity index (χ0n) is 16.6. The number of nitrogens with one attached hydrogen (secondary N) is 1. The zero-order valence-corrected chi connectivity index (χ0v) is 18.9. The van der Waals surface area contributed by atoms with Crippen molar-refractivity contribution in [3.8, 4) is 0 Å². The van der Waals surface area contributed by atoms with E-state index in [0.717, 1.165) is 43.7 Å². The van der Waals surface area contributed by atoms with Crippen LogP contribution in [0.2, 0.25) is 0 Å². The number of benzene rings is 1. The Morgan fingerprint density at radius 3 is 2.46 bits per heavy atom. The minimum absolute atomic E-state index is 0. The first-order valence-electron chi connectivity index (χ1n) is 9.35. The summed E-state index contributed by atoms with van der Waals surface area (Å²) in [6.07, 6.45) is 0.661. The van der Waals surface area contributed by atoms with Crippen LogP contribution in [-0.4, -0.2) is 60.8 Å². The zero-order chi connectivity index (χ0) is 19.2. The maximum absolute atomic E-state index is 13.1. The first kappa shape index (κ1) is 22.4. The molecule has 1 saturated heterocycles. The Morgan fingerprint density at radius 2 is 1.89 bits per heavy atom. The van der Waals surface area contributed by atoms with E-state index in [1.54, 1.807) is 7.05 Å². The van der Waals surface area contributed by atoms with Crippen molar-refractivity contribution in [1.29, 1.82) is 0 Å². The topological polar surface area (TPSA) is 69.8 Å². The molecule has 0 atom stereocenters. The summed E-state index contributed by atoms with van der Waals surface area (Å²) in [7, 11) is 1.79. The summed E-state index contributed by atoms with van der Waals surface area (Å²) in [5.74, 6) is 2.32. The third-order valence-corrected chi connectivity index (χ3v) is 4.60. The SMILES string of the molecule is CN=C(NCCc1nc(C(C)C)no1)N1CCN(c2ccc(F)cc2)CC1.I. The fourth-order valence-electron chi connectivity index (χ4n) is 3.05. The van der Waals surface area contributed by atoms with E-state index >= 15 is 0 Å². The van der Waals surface area contributed by atoms with Gasteiger partial charge in [0.2, 0.25) is 5.89 Å². The van der Waals surface area contributed by atoms with E-state index in [1.165, 1.54) is 12.1 Å². The van der Waals surface area contributed by atoms with Crippen LogP contribution in [0.4, 0.5) is 10.1 Å². The van der Waals surface area contributed by atoms with E-state index in [-0.39, 0.29) is 35.7 Å². The van der Waals surface area contributed by atoms with Gasteiger partial charge < -0.3 is 19.6 Å². The van der Waals surface area contributed by atoms with Gasteiger partial charge in [0.15, 0.2) is 11.8 Å². The van der Waals surface area contributed by atoms with E-state index in [0.29, 0.717) is 18.9 Å². The van der Waals surface area contributed by atoms with Gasteiger partial charge in [0, 0.05) is 57.8 Å². The number of piperazine rings is 1. The van der Waals surface area contributed by atoms with E-state index in [2.05, 4.69) is 30.2 Å². The lowest BCUT2D eigenvalue weighted by Gasteiger charge is -2.37. The number of guanidine groups is 1. The molecule has 2 heterocycles. The van der Waals surface area contributed by atoms with Crippen LogP contribution in [0, 0.1) is 5.82 Å². The van der Waals surface area contributed by atoms with Gasteiger partial charge in [-0.3, -0.25) is 4.99 Å². The molecule has 1 fully saturated rings. The highest BCUT2D eigenvalue weighted by Crippen LogP contribution is 2.17. The first-order valence-corrected chi connectivity index (χ1v) is 9.35. The number of rotatable bonds is 5. The Kier molecular flexibility index (Phi) is 8.46. The van der Waals surface area contributed by atoms with Gasteiger partial charge in [-0.25, -0.2) is 4.39 Å². The number of aliphatic imine (C=N–C) groups is 1. The monoisotopic (exact) mass is 502 g/mol. The molecule has 1 N–H and O–H groups in total. The molecule has 1 aromatic carbocycles. The lowest BCUT2D eigenvalue weighted by Crippen LogP contribution is -2.52. The van der Waals surface area contributed by atoms with Gasteiger partial charge in [0.25, 0.3) is 0 Å². The largest absolute Gasteiger partial charge is 0.368 e. The number of anilines is 1. The predicted molar refractivity (Wildman–Crippen MR) is 119 cm³/mol. The third kappa shape index (κ3) is 5.79. The standard InChI is InChI=1S/C19H27FN6O.HI/c1-14(2)18-23-17(27-24-18)8-9-22-19(21-3)26-12-10-25(11-13-26)16-6-4-15(20)5-7-16;/h4-7,14H,8-13H2,1-3H3,(H,21,22);1H. The second-order valence-electron chi connectivity index (χ2n) is 6.88. The number of halogens is 2. The molecule has 9 heteroatoms. The van der Waals surface area contributed by atoms with Crippen molar-refractivity contribution in [2.45, 2.75) is 26.2 Å². The summed E-state index contributed by atoms with van der Waals surface area (Å²) in [6, 6.07) is 6.66. The van der Waals surface area contributed by atoms with Gasteiger partial charge in [-0.05, 0) is 24.3 Å². The Bertz CT molecular complexity index is 756. The van der Waals surface area contributed by atoms with Crippen molar-refractivity contribution in [2.24, 2.45) is 4.99 Å². The molecular weight excluding hydrogens is 474 g/mol. The molecule has 0 unspecified atom stereocenters. The average molecular weight is 502 g/mol. The second-order valence-corrected chi connectivity index (χ2v) is 6.88. The van der Waals surface area contributed by atoms with Crippen LogP contribution >= 0.6 is 24.0 Å². The minimum atomic E-state index is -0.205. The van der Waals surface area contributed by atoms with Crippen molar-refractivity contribution in [1.82, 2.24) is 20.4 Å². The Morgan fingerprint density at radius 1 is 1.21 bits per heavy atom. The Labute approximate surface area is 182 Å². The molecule has 28 heavy (non-hydrogen) atoms. The lowest BCUT2D eigenvalue weighted by atomic mass is 10.2. The highest BCUT2D eigenvalue weighted by molar-refractivity contribution is 14.0.